The van der Waals surface area contributed by atoms with Crippen LogP contribution in [0, 0.1) is 0 Å². The summed E-state index contributed by atoms with van der Waals surface area (Å²) in [6.07, 6.45) is 0. The number of anilines is 3. The van der Waals surface area contributed by atoms with Crippen molar-refractivity contribution in [3.8, 4) is 22.5 Å². The first-order valence-electron chi connectivity index (χ1n) is 14.0. The lowest BCUT2D eigenvalue weighted by molar-refractivity contribution is 0.0601. The van der Waals surface area contributed by atoms with Crippen LogP contribution in [0.4, 0.5) is 17.3 Å². The second kappa shape index (κ2) is 12.0. The van der Waals surface area contributed by atoms with E-state index < -0.39 is 11.9 Å². The Morgan fingerprint density at radius 3 is 1.49 bits per heavy atom. The monoisotopic (exact) mass is 627 g/mol. The van der Waals surface area contributed by atoms with Crippen molar-refractivity contribution in [3.05, 3.63) is 125 Å². The molecular formula is C36H25N3O4S2. The number of nitrogens with zero attached hydrogens (tertiary/aromatic N) is 3. The van der Waals surface area contributed by atoms with E-state index in [1.54, 1.807) is 45.8 Å². The van der Waals surface area contributed by atoms with E-state index in [0.29, 0.717) is 11.6 Å². The summed E-state index contributed by atoms with van der Waals surface area (Å²) in [5.74, 6) is -0.297. The molecule has 0 aliphatic heterocycles. The van der Waals surface area contributed by atoms with Crippen LogP contribution in [0.5, 0.6) is 0 Å². The molecule has 45 heavy (non-hydrogen) atoms. The first-order valence-corrected chi connectivity index (χ1v) is 15.8. The number of fused-ring (bicyclic) bond motifs is 2. The molecule has 0 saturated carbocycles. The second-order valence-corrected chi connectivity index (χ2v) is 11.9. The molecule has 0 fully saturated rings. The van der Waals surface area contributed by atoms with Gasteiger partial charge in [-0.2, -0.15) is 0 Å². The highest BCUT2D eigenvalue weighted by molar-refractivity contribution is 7.18. The lowest BCUT2D eigenvalue weighted by Crippen LogP contribution is -2.21. The third kappa shape index (κ3) is 5.12. The molecule has 7 rings (SSSR count). The number of para-hydroxylation sites is 1. The first-order chi connectivity index (χ1) is 22.1. The van der Waals surface area contributed by atoms with Crippen LogP contribution in [0.2, 0.25) is 0 Å². The quantitative estimate of drug-likeness (QED) is 0.163. The van der Waals surface area contributed by atoms with Crippen molar-refractivity contribution in [1.82, 2.24) is 9.97 Å². The Hall–Kier alpha value is -5.38. The Balaban J connectivity index is 1.49. The third-order valence-electron chi connectivity index (χ3n) is 7.51. The molecule has 0 N–H and O–H groups in total. The molecule has 0 saturated heterocycles. The lowest BCUT2D eigenvalue weighted by Gasteiger charge is -2.27. The number of hydrogen-bond donors (Lipinski definition) is 0. The number of carbonyl (C=O) groups excluding carboxylic acids is 2. The molecule has 3 aromatic carbocycles. The number of benzene rings is 3. The van der Waals surface area contributed by atoms with E-state index in [1.165, 1.54) is 14.2 Å². The summed E-state index contributed by atoms with van der Waals surface area (Å²) < 4.78 is 12.6. The standard InChI is InChI=1S/C36H25N3O4S2/c1-42-35(40)24-12-7-13-25(36(41)43-2)34(24)39(32-18-8-14-28(37-32)26-20-44-30-16-5-3-10-22(26)30)33-19-9-15-29(38-33)27-21-45-31-17-6-4-11-23(27)31/h3-21H,1-2H3. The minimum Gasteiger partial charge on any atom is -0.465 e. The third-order valence-corrected chi connectivity index (χ3v) is 9.44. The summed E-state index contributed by atoms with van der Waals surface area (Å²) in [5, 5.41) is 6.36. The molecule has 0 amide bonds. The zero-order chi connectivity index (χ0) is 30.9. The maximum absolute atomic E-state index is 13.2. The zero-order valence-corrected chi connectivity index (χ0v) is 25.9. The van der Waals surface area contributed by atoms with Gasteiger partial charge in [0.15, 0.2) is 0 Å². The molecule has 0 unspecified atom stereocenters. The Morgan fingerprint density at radius 2 is 1.02 bits per heavy atom. The fourth-order valence-corrected chi connectivity index (χ4v) is 7.34. The van der Waals surface area contributed by atoms with Gasteiger partial charge in [-0.3, -0.25) is 4.90 Å². The predicted molar refractivity (Wildman–Crippen MR) is 181 cm³/mol. The van der Waals surface area contributed by atoms with Crippen molar-refractivity contribution in [2.75, 3.05) is 19.1 Å². The summed E-state index contributed by atoms with van der Waals surface area (Å²) in [7, 11) is 2.62. The van der Waals surface area contributed by atoms with Crippen LogP contribution < -0.4 is 4.90 Å². The molecule has 0 atom stereocenters. The number of aromatic nitrogens is 2. The molecule has 7 nitrogen and oxygen atoms in total. The summed E-state index contributed by atoms with van der Waals surface area (Å²) in [4.78, 5) is 38.4. The fraction of sp³-hybridized carbons (Fsp3) is 0.0556. The highest BCUT2D eigenvalue weighted by Gasteiger charge is 2.29. The van der Waals surface area contributed by atoms with Gasteiger partial charge in [0.25, 0.3) is 0 Å². The van der Waals surface area contributed by atoms with Gasteiger partial charge in [-0.15, -0.1) is 22.7 Å². The molecule has 0 aliphatic carbocycles. The lowest BCUT2D eigenvalue weighted by atomic mass is 10.0. The Bertz CT molecular complexity index is 2070. The molecule has 0 aliphatic rings. The molecule has 0 bridgehead atoms. The molecule has 9 heteroatoms. The van der Waals surface area contributed by atoms with Gasteiger partial charge in [-0.1, -0.05) is 54.6 Å². The SMILES string of the molecule is COC(=O)c1cccc(C(=O)OC)c1N(c1cccc(-c2csc3ccccc23)n1)c1cccc(-c2csc3ccccc23)n1. The Morgan fingerprint density at radius 1 is 0.578 bits per heavy atom. The van der Waals surface area contributed by atoms with Crippen molar-refractivity contribution in [2.24, 2.45) is 0 Å². The van der Waals surface area contributed by atoms with Crippen molar-refractivity contribution in [3.63, 3.8) is 0 Å². The van der Waals surface area contributed by atoms with Gasteiger partial charge in [0.1, 0.15) is 11.6 Å². The predicted octanol–water partition coefficient (Wildman–Crippen LogP) is 9.28. The maximum Gasteiger partial charge on any atom is 0.340 e. The molecule has 7 aromatic rings. The van der Waals surface area contributed by atoms with E-state index in [1.807, 2.05) is 60.7 Å². The highest BCUT2D eigenvalue weighted by Crippen LogP contribution is 2.41. The van der Waals surface area contributed by atoms with Crippen LogP contribution in [-0.4, -0.2) is 36.1 Å². The normalized spacial score (nSPS) is 11.1. The summed E-state index contributed by atoms with van der Waals surface area (Å²) >= 11 is 3.30. The van der Waals surface area contributed by atoms with Crippen molar-refractivity contribution in [1.29, 1.82) is 0 Å². The number of carbonyl (C=O) groups is 2. The number of rotatable bonds is 7. The fourth-order valence-electron chi connectivity index (χ4n) is 5.43. The average molecular weight is 628 g/mol. The van der Waals surface area contributed by atoms with Crippen molar-refractivity contribution < 1.29 is 19.1 Å². The van der Waals surface area contributed by atoms with Gasteiger partial charge >= 0.3 is 11.9 Å². The number of ether oxygens (including phenoxy) is 2. The molecule has 0 spiro atoms. The number of methoxy groups -OCH3 is 2. The van der Waals surface area contributed by atoms with E-state index in [4.69, 9.17) is 19.4 Å². The summed E-state index contributed by atoms with van der Waals surface area (Å²) in [6.45, 7) is 0. The minimum absolute atomic E-state index is 0.168. The van der Waals surface area contributed by atoms with Gasteiger partial charge < -0.3 is 9.47 Å². The maximum atomic E-state index is 13.2. The smallest absolute Gasteiger partial charge is 0.340 e. The number of thiophene rings is 2. The van der Waals surface area contributed by atoms with Crippen molar-refractivity contribution >= 4 is 72.1 Å². The van der Waals surface area contributed by atoms with Crippen LogP contribution in [0.3, 0.4) is 0 Å². The molecule has 4 aromatic heterocycles. The van der Waals surface area contributed by atoms with Crippen LogP contribution in [0.15, 0.2) is 114 Å². The second-order valence-electron chi connectivity index (χ2n) is 10.1. The molecule has 220 valence electrons. The van der Waals surface area contributed by atoms with Gasteiger partial charge in [-0.05, 0) is 48.5 Å². The Kier molecular flexibility index (Phi) is 7.54. The van der Waals surface area contributed by atoms with Crippen LogP contribution in [0.25, 0.3) is 42.7 Å². The van der Waals surface area contributed by atoms with Gasteiger partial charge in [0, 0.05) is 42.1 Å². The number of esters is 2. The highest BCUT2D eigenvalue weighted by atomic mass is 32.1. The zero-order valence-electron chi connectivity index (χ0n) is 24.3. The van der Waals surface area contributed by atoms with Gasteiger partial charge in [0.05, 0.1) is 42.4 Å². The van der Waals surface area contributed by atoms with Crippen molar-refractivity contribution in [2.45, 2.75) is 0 Å². The Labute approximate surface area is 267 Å². The number of hydrogen-bond acceptors (Lipinski definition) is 9. The van der Waals surface area contributed by atoms with Crippen LogP contribution in [-0.2, 0) is 9.47 Å². The largest absolute Gasteiger partial charge is 0.465 e. The van der Waals surface area contributed by atoms with E-state index in [0.717, 1.165) is 42.7 Å². The molecular weight excluding hydrogens is 603 g/mol. The summed E-state index contributed by atoms with van der Waals surface area (Å²) in [6, 6.07) is 32.6. The van der Waals surface area contributed by atoms with Crippen LogP contribution >= 0.6 is 22.7 Å². The number of pyridine rings is 2. The van der Waals surface area contributed by atoms with Gasteiger partial charge in [-0.25, -0.2) is 19.6 Å². The van der Waals surface area contributed by atoms with Crippen LogP contribution in [0.1, 0.15) is 20.7 Å². The van der Waals surface area contributed by atoms with E-state index in [2.05, 4.69) is 35.0 Å². The molecule has 4 heterocycles. The average Bonchev–Trinajstić information content (AvgIpc) is 3.73. The summed E-state index contributed by atoms with van der Waals surface area (Å²) in [5.41, 5.74) is 4.05. The topological polar surface area (TPSA) is 81.6 Å². The van der Waals surface area contributed by atoms with E-state index >= 15 is 0 Å². The van der Waals surface area contributed by atoms with E-state index in [-0.39, 0.29) is 16.8 Å². The van der Waals surface area contributed by atoms with Gasteiger partial charge in [0.2, 0.25) is 0 Å². The minimum atomic E-state index is -0.610. The van der Waals surface area contributed by atoms with E-state index in [9.17, 15) is 9.59 Å². The molecule has 0 radical (unpaired) electrons. The first kappa shape index (κ1) is 28.4.